The fourth-order valence-electron chi connectivity index (χ4n) is 2.47. The molecule has 1 aliphatic rings. The van der Waals surface area contributed by atoms with E-state index in [0.717, 1.165) is 31.7 Å². The number of halogens is 2. The first kappa shape index (κ1) is 13.3. The van der Waals surface area contributed by atoms with Crippen LogP contribution < -0.4 is 10.2 Å². The maximum absolute atomic E-state index is 13.2. The van der Waals surface area contributed by atoms with E-state index in [1.165, 1.54) is 12.1 Å². The summed E-state index contributed by atoms with van der Waals surface area (Å²) in [5.41, 5.74) is 0.768. The number of rotatable bonds is 3. The Balaban J connectivity index is 2.05. The van der Waals surface area contributed by atoms with E-state index in [1.54, 1.807) is 6.07 Å². The molecule has 18 heavy (non-hydrogen) atoms. The number of nitrogens with one attached hydrogen (secondary N) is 1. The molecule has 1 N–H and O–H groups in total. The summed E-state index contributed by atoms with van der Waals surface area (Å²) >= 11 is 0. The Morgan fingerprint density at radius 2 is 2.11 bits per heavy atom. The Kier molecular flexibility index (Phi) is 4.17. The molecule has 1 unspecified atom stereocenters. The minimum atomic E-state index is -0.785. The molecular weight excluding hydrogens is 234 g/mol. The lowest BCUT2D eigenvalue weighted by atomic mass is 10.0. The second kappa shape index (κ2) is 5.65. The van der Waals surface area contributed by atoms with Gasteiger partial charge in [-0.25, -0.2) is 8.78 Å². The maximum Gasteiger partial charge on any atom is 0.160 e. The third kappa shape index (κ3) is 3.19. The normalized spacial score (nSPS) is 20.5. The third-order valence-corrected chi connectivity index (χ3v) is 3.28. The Hall–Kier alpha value is -1.16. The highest BCUT2D eigenvalue weighted by Crippen LogP contribution is 2.20. The summed E-state index contributed by atoms with van der Waals surface area (Å²) < 4.78 is 26.1. The van der Waals surface area contributed by atoms with E-state index < -0.39 is 11.6 Å². The van der Waals surface area contributed by atoms with Crippen LogP contribution in [-0.4, -0.2) is 25.7 Å². The summed E-state index contributed by atoms with van der Waals surface area (Å²) in [6.45, 7) is 6.95. The molecule has 2 rings (SSSR count). The van der Waals surface area contributed by atoms with E-state index in [9.17, 15) is 8.78 Å². The van der Waals surface area contributed by atoms with Gasteiger partial charge in [0.15, 0.2) is 11.6 Å². The van der Waals surface area contributed by atoms with E-state index in [4.69, 9.17) is 0 Å². The van der Waals surface area contributed by atoms with Gasteiger partial charge < -0.3 is 10.2 Å². The summed E-state index contributed by atoms with van der Waals surface area (Å²) in [7, 11) is 0. The molecule has 1 aromatic rings. The molecule has 2 nitrogen and oxygen atoms in total. The monoisotopic (exact) mass is 254 g/mol. The second-order valence-electron chi connectivity index (χ2n) is 5.33. The molecule has 0 saturated carbocycles. The largest absolute Gasteiger partial charge is 0.369 e. The van der Waals surface area contributed by atoms with Gasteiger partial charge in [0.1, 0.15) is 0 Å². The quantitative estimate of drug-likeness (QED) is 0.892. The van der Waals surface area contributed by atoms with Crippen molar-refractivity contribution in [2.24, 2.45) is 5.92 Å². The average Bonchev–Trinajstić information content (AvgIpc) is 2.32. The summed E-state index contributed by atoms with van der Waals surface area (Å²) in [4.78, 5) is 2.12. The Bertz CT molecular complexity index is 407. The van der Waals surface area contributed by atoms with Crippen LogP contribution in [0.1, 0.15) is 20.3 Å². The SMILES string of the molecule is CC(C)CC1CN(c2ccc(F)c(F)c2)CCN1. The van der Waals surface area contributed by atoms with Crippen LogP contribution in [0.5, 0.6) is 0 Å². The third-order valence-electron chi connectivity index (χ3n) is 3.28. The van der Waals surface area contributed by atoms with Gasteiger partial charge in [-0.3, -0.25) is 0 Å². The van der Waals surface area contributed by atoms with E-state index in [0.29, 0.717) is 12.0 Å². The van der Waals surface area contributed by atoms with E-state index in [2.05, 4.69) is 24.1 Å². The van der Waals surface area contributed by atoms with Crippen LogP contribution in [0.3, 0.4) is 0 Å². The number of benzene rings is 1. The lowest BCUT2D eigenvalue weighted by molar-refractivity contribution is 0.388. The molecular formula is C14H20F2N2. The van der Waals surface area contributed by atoms with Gasteiger partial charge in [-0.15, -0.1) is 0 Å². The van der Waals surface area contributed by atoms with Crippen molar-refractivity contribution < 1.29 is 8.78 Å². The molecule has 1 atom stereocenters. The highest BCUT2D eigenvalue weighted by atomic mass is 19.2. The van der Waals surface area contributed by atoms with Crippen LogP contribution in [0, 0.1) is 17.6 Å². The molecule has 0 spiro atoms. The van der Waals surface area contributed by atoms with Gasteiger partial charge in [-0.05, 0) is 24.5 Å². The molecule has 4 heteroatoms. The smallest absolute Gasteiger partial charge is 0.160 e. The zero-order valence-electron chi connectivity index (χ0n) is 10.9. The average molecular weight is 254 g/mol. The Labute approximate surface area is 107 Å². The molecule has 0 aliphatic carbocycles. The van der Waals surface area contributed by atoms with Crippen LogP contribution in [-0.2, 0) is 0 Å². The molecule has 1 heterocycles. The van der Waals surface area contributed by atoms with Crippen molar-refractivity contribution >= 4 is 5.69 Å². The minimum absolute atomic E-state index is 0.423. The lowest BCUT2D eigenvalue weighted by Crippen LogP contribution is -2.51. The molecule has 1 saturated heterocycles. The summed E-state index contributed by atoms with van der Waals surface area (Å²) in [6.07, 6.45) is 1.10. The first-order valence-corrected chi connectivity index (χ1v) is 6.49. The zero-order valence-corrected chi connectivity index (χ0v) is 10.9. The highest BCUT2D eigenvalue weighted by Gasteiger charge is 2.20. The van der Waals surface area contributed by atoms with E-state index in [-0.39, 0.29) is 0 Å². The first-order chi connectivity index (χ1) is 8.56. The van der Waals surface area contributed by atoms with Gasteiger partial charge in [-0.1, -0.05) is 13.8 Å². The Morgan fingerprint density at radius 1 is 1.33 bits per heavy atom. The van der Waals surface area contributed by atoms with Crippen LogP contribution >= 0.6 is 0 Å². The van der Waals surface area contributed by atoms with Gasteiger partial charge in [-0.2, -0.15) is 0 Å². The van der Waals surface area contributed by atoms with Crippen molar-refractivity contribution in [2.75, 3.05) is 24.5 Å². The first-order valence-electron chi connectivity index (χ1n) is 6.49. The van der Waals surface area contributed by atoms with Gasteiger partial charge in [0.05, 0.1) is 0 Å². The molecule has 0 amide bonds. The molecule has 1 fully saturated rings. The number of hydrogen-bond donors (Lipinski definition) is 1. The van der Waals surface area contributed by atoms with Crippen molar-refractivity contribution in [2.45, 2.75) is 26.3 Å². The lowest BCUT2D eigenvalue weighted by Gasteiger charge is -2.36. The van der Waals surface area contributed by atoms with Crippen LogP contribution in [0.25, 0.3) is 0 Å². The standard InChI is InChI=1S/C14H20F2N2/c1-10(2)7-11-9-18(6-5-17-11)12-3-4-13(15)14(16)8-12/h3-4,8,10-11,17H,5-7,9H2,1-2H3. The molecule has 100 valence electrons. The summed E-state index contributed by atoms with van der Waals surface area (Å²) in [5, 5.41) is 3.47. The Morgan fingerprint density at radius 3 is 2.78 bits per heavy atom. The van der Waals surface area contributed by atoms with E-state index in [1.807, 2.05) is 0 Å². The van der Waals surface area contributed by atoms with Gasteiger partial charge in [0, 0.05) is 37.4 Å². The number of piperazine rings is 1. The van der Waals surface area contributed by atoms with E-state index >= 15 is 0 Å². The van der Waals surface area contributed by atoms with Crippen LogP contribution in [0.2, 0.25) is 0 Å². The molecule has 1 aromatic carbocycles. The zero-order chi connectivity index (χ0) is 13.1. The van der Waals surface area contributed by atoms with Gasteiger partial charge >= 0.3 is 0 Å². The van der Waals surface area contributed by atoms with Crippen molar-refractivity contribution in [1.29, 1.82) is 0 Å². The summed E-state index contributed by atoms with van der Waals surface area (Å²) in [6, 6.07) is 4.56. The van der Waals surface area contributed by atoms with Crippen molar-refractivity contribution in [3.63, 3.8) is 0 Å². The van der Waals surface area contributed by atoms with Crippen molar-refractivity contribution in [3.05, 3.63) is 29.8 Å². The van der Waals surface area contributed by atoms with Crippen LogP contribution in [0.4, 0.5) is 14.5 Å². The van der Waals surface area contributed by atoms with Crippen LogP contribution in [0.15, 0.2) is 18.2 Å². The van der Waals surface area contributed by atoms with Crippen molar-refractivity contribution in [1.82, 2.24) is 5.32 Å². The minimum Gasteiger partial charge on any atom is -0.369 e. The topological polar surface area (TPSA) is 15.3 Å². The van der Waals surface area contributed by atoms with Gasteiger partial charge in [0.25, 0.3) is 0 Å². The second-order valence-corrected chi connectivity index (χ2v) is 5.33. The molecule has 1 aliphatic heterocycles. The highest BCUT2D eigenvalue weighted by molar-refractivity contribution is 5.47. The fourth-order valence-corrected chi connectivity index (χ4v) is 2.47. The number of hydrogen-bond acceptors (Lipinski definition) is 2. The molecule has 0 aromatic heterocycles. The number of nitrogens with zero attached hydrogens (tertiary/aromatic N) is 1. The molecule has 0 bridgehead atoms. The maximum atomic E-state index is 13.2. The van der Waals surface area contributed by atoms with Gasteiger partial charge in [0.2, 0.25) is 0 Å². The van der Waals surface area contributed by atoms with Crippen molar-refractivity contribution in [3.8, 4) is 0 Å². The number of anilines is 1. The predicted octanol–water partition coefficient (Wildman–Crippen LogP) is 2.79. The molecule has 0 radical (unpaired) electrons. The summed E-state index contributed by atoms with van der Waals surface area (Å²) in [5.74, 6) is -0.925. The fraction of sp³-hybridized carbons (Fsp3) is 0.571. The predicted molar refractivity (Wildman–Crippen MR) is 69.8 cm³/mol.